The highest BCUT2D eigenvalue weighted by molar-refractivity contribution is 5.90. The van der Waals surface area contributed by atoms with Crippen molar-refractivity contribution in [3.63, 3.8) is 0 Å². The molecule has 118 valence electrons. The fourth-order valence-electron chi connectivity index (χ4n) is 2.82. The molecule has 0 unspecified atom stereocenters. The maximum Gasteiger partial charge on any atom is 0.329 e. The van der Waals surface area contributed by atoms with Crippen molar-refractivity contribution in [1.29, 1.82) is 0 Å². The van der Waals surface area contributed by atoms with Crippen LogP contribution in [-0.4, -0.2) is 22.5 Å². The lowest BCUT2D eigenvalue weighted by Gasteiger charge is -2.19. The molecule has 0 saturated heterocycles. The molecule has 23 heavy (non-hydrogen) atoms. The minimum atomic E-state index is -1.03. The summed E-state index contributed by atoms with van der Waals surface area (Å²) in [7, 11) is 0. The fraction of sp³-hybridized carbons (Fsp3) is 0.263. The van der Waals surface area contributed by atoms with Crippen LogP contribution in [0, 0.1) is 0 Å². The number of nitrogens with one attached hydrogen (secondary N) is 1. The van der Waals surface area contributed by atoms with Crippen molar-refractivity contribution >= 4 is 11.9 Å². The Bertz CT molecular complexity index is 654. The van der Waals surface area contributed by atoms with Gasteiger partial charge >= 0.3 is 5.97 Å². The van der Waals surface area contributed by atoms with Crippen LogP contribution in [0.15, 0.2) is 60.7 Å². The van der Waals surface area contributed by atoms with Crippen LogP contribution in [0.2, 0.25) is 0 Å². The van der Waals surface area contributed by atoms with Crippen molar-refractivity contribution in [3.8, 4) is 0 Å². The molecule has 2 aromatic rings. The summed E-state index contributed by atoms with van der Waals surface area (Å²) < 4.78 is 0. The third-order valence-corrected chi connectivity index (χ3v) is 4.33. The molecule has 4 nitrogen and oxygen atoms in total. The molecule has 3 rings (SSSR count). The van der Waals surface area contributed by atoms with Gasteiger partial charge in [-0.05, 0) is 24.0 Å². The van der Waals surface area contributed by atoms with Crippen molar-refractivity contribution in [3.05, 3.63) is 71.8 Å². The molecule has 0 bridgehead atoms. The van der Waals surface area contributed by atoms with E-state index in [0.717, 1.165) is 11.1 Å². The third-order valence-electron chi connectivity index (χ3n) is 4.33. The Morgan fingerprint density at radius 3 is 1.83 bits per heavy atom. The summed E-state index contributed by atoms with van der Waals surface area (Å²) in [5.74, 6) is -1.24. The Kier molecular flexibility index (Phi) is 4.15. The first-order valence-electron chi connectivity index (χ1n) is 7.75. The van der Waals surface area contributed by atoms with Crippen molar-refractivity contribution in [2.75, 3.05) is 0 Å². The van der Waals surface area contributed by atoms with E-state index in [1.165, 1.54) is 0 Å². The second-order valence-electron chi connectivity index (χ2n) is 6.01. The van der Waals surface area contributed by atoms with Crippen LogP contribution in [0.5, 0.6) is 0 Å². The van der Waals surface area contributed by atoms with Gasteiger partial charge < -0.3 is 10.4 Å². The third kappa shape index (κ3) is 3.42. The molecule has 2 N–H and O–H groups in total. The van der Waals surface area contributed by atoms with Crippen LogP contribution in [0.25, 0.3) is 0 Å². The Morgan fingerprint density at radius 1 is 0.957 bits per heavy atom. The van der Waals surface area contributed by atoms with Gasteiger partial charge in [0.25, 0.3) is 0 Å². The van der Waals surface area contributed by atoms with E-state index in [2.05, 4.69) is 5.32 Å². The molecule has 0 aliphatic heterocycles. The van der Waals surface area contributed by atoms with E-state index in [1.54, 1.807) is 0 Å². The predicted molar refractivity (Wildman–Crippen MR) is 87.1 cm³/mol. The molecule has 1 aliphatic carbocycles. The highest BCUT2D eigenvalue weighted by Gasteiger charge is 2.51. The van der Waals surface area contributed by atoms with E-state index in [-0.39, 0.29) is 18.2 Å². The van der Waals surface area contributed by atoms with E-state index in [4.69, 9.17) is 0 Å². The van der Waals surface area contributed by atoms with Crippen LogP contribution in [0.1, 0.15) is 36.3 Å². The second-order valence-corrected chi connectivity index (χ2v) is 6.01. The van der Waals surface area contributed by atoms with E-state index in [0.29, 0.717) is 12.8 Å². The molecule has 0 radical (unpaired) electrons. The number of aliphatic carboxylic acids is 1. The van der Waals surface area contributed by atoms with Crippen molar-refractivity contribution in [2.45, 2.75) is 30.7 Å². The Hall–Kier alpha value is -2.62. The molecule has 1 saturated carbocycles. The predicted octanol–water partition coefficient (Wildman–Crippen LogP) is 2.94. The van der Waals surface area contributed by atoms with E-state index < -0.39 is 11.5 Å². The zero-order valence-electron chi connectivity index (χ0n) is 12.7. The first kappa shape index (κ1) is 15.3. The van der Waals surface area contributed by atoms with Crippen LogP contribution < -0.4 is 5.32 Å². The molecule has 0 spiro atoms. The zero-order chi connectivity index (χ0) is 16.3. The normalized spacial score (nSPS) is 15.2. The first-order chi connectivity index (χ1) is 11.1. The van der Waals surface area contributed by atoms with Gasteiger partial charge in [0.05, 0.1) is 0 Å². The van der Waals surface area contributed by atoms with Gasteiger partial charge in [-0.3, -0.25) is 4.79 Å². The summed E-state index contributed by atoms with van der Waals surface area (Å²) in [6.45, 7) is 0. The van der Waals surface area contributed by atoms with Crippen LogP contribution in [-0.2, 0) is 9.59 Å². The topological polar surface area (TPSA) is 66.4 Å². The van der Waals surface area contributed by atoms with Crippen molar-refractivity contribution in [2.24, 2.45) is 0 Å². The summed E-state index contributed by atoms with van der Waals surface area (Å²) in [4.78, 5) is 23.6. The molecule has 0 aromatic heterocycles. The van der Waals surface area contributed by atoms with Gasteiger partial charge in [-0.2, -0.15) is 0 Å². The molecule has 0 heterocycles. The molecule has 1 amide bonds. The van der Waals surface area contributed by atoms with Gasteiger partial charge in [0.1, 0.15) is 5.54 Å². The largest absolute Gasteiger partial charge is 0.480 e. The SMILES string of the molecule is O=C(CC(c1ccccc1)c1ccccc1)NC1(C(=O)O)CC1. The molecular formula is C19H19NO3. The van der Waals surface area contributed by atoms with E-state index in [9.17, 15) is 14.7 Å². The lowest BCUT2D eigenvalue weighted by molar-refractivity contribution is -0.143. The van der Waals surface area contributed by atoms with Crippen LogP contribution >= 0.6 is 0 Å². The van der Waals surface area contributed by atoms with E-state index in [1.807, 2.05) is 60.7 Å². The minimum absolute atomic E-state index is 0.0815. The van der Waals surface area contributed by atoms with Crippen molar-refractivity contribution in [1.82, 2.24) is 5.32 Å². The number of carbonyl (C=O) groups is 2. The van der Waals surface area contributed by atoms with Gasteiger partial charge in [0.15, 0.2) is 0 Å². The average Bonchev–Trinajstić information content (AvgIpc) is 3.35. The minimum Gasteiger partial charge on any atom is -0.480 e. The monoisotopic (exact) mass is 309 g/mol. The summed E-state index contributed by atoms with van der Waals surface area (Å²) >= 11 is 0. The number of amides is 1. The number of hydrogen-bond acceptors (Lipinski definition) is 2. The smallest absolute Gasteiger partial charge is 0.329 e. The molecule has 1 aliphatic rings. The number of carboxylic acid groups (broad SMARTS) is 1. The van der Waals surface area contributed by atoms with Crippen molar-refractivity contribution < 1.29 is 14.7 Å². The van der Waals surface area contributed by atoms with Gasteiger partial charge in [0, 0.05) is 12.3 Å². The summed E-state index contributed by atoms with van der Waals surface area (Å²) in [5, 5.41) is 11.9. The molecule has 2 aromatic carbocycles. The number of rotatable bonds is 6. The summed E-state index contributed by atoms with van der Waals surface area (Å²) in [5.41, 5.74) is 1.07. The number of benzene rings is 2. The molecule has 0 atom stereocenters. The first-order valence-corrected chi connectivity index (χ1v) is 7.75. The second kappa shape index (κ2) is 6.24. The van der Waals surface area contributed by atoms with Gasteiger partial charge in [-0.15, -0.1) is 0 Å². The van der Waals surface area contributed by atoms with E-state index >= 15 is 0 Å². The number of hydrogen-bond donors (Lipinski definition) is 2. The molecule has 4 heteroatoms. The molecule has 1 fully saturated rings. The lowest BCUT2D eigenvalue weighted by Crippen LogP contribution is -2.43. The lowest BCUT2D eigenvalue weighted by atomic mass is 9.88. The highest BCUT2D eigenvalue weighted by atomic mass is 16.4. The van der Waals surface area contributed by atoms with Gasteiger partial charge in [-0.25, -0.2) is 4.79 Å². The van der Waals surface area contributed by atoms with Crippen LogP contribution in [0.4, 0.5) is 0 Å². The Balaban J connectivity index is 1.80. The Labute approximate surface area is 135 Å². The van der Waals surface area contributed by atoms with Gasteiger partial charge in [0.2, 0.25) is 5.91 Å². The highest BCUT2D eigenvalue weighted by Crippen LogP contribution is 2.36. The Morgan fingerprint density at radius 2 is 1.43 bits per heavy atom. The number of carbonyl (C=O) groups excluding carboxylic acids is 1. The quantitative estimate of drug-likeness (QED) is 0.862. The average molecular weight is 309 g/mol. The summed E-state index contributed by atoms with van der Waals surface area (Å²) in [6.07, 6.45) is 1.26. The maximum atomic E-state index is 12.4. The summed E-state index contributed by atoms with van der Waals surface area (Å²) in [6, 6.07) is 19.6. The molecular weight excluding hydrogens is 290 g/mol. The zero-order valence-corrected chi connectivity index (χ0v) is 12.7. The fourth-order valence-corrected chi connectivity index (χ4v) is 2.82. The standard InChI is InChI=1S/C19H19NO3/c21-17(20-19(11-12-19)18(22)23)13-16(14-7-3-1-4-8-14)15-9-5-2-6-10-15/h1-10,16H,11-13H2,(H,20,21)(H,22,23). The number of carboxylic acids is 1. The van der Waals surface area contributed by atoms with Gasteiger partial charge in [-0.1, -0.05) is 60.7 Å². The van der Waals surface area contributed by atoms with Crippen LogP contribution in [0.3, 0.4) is 0 Å². The maximum absolute atomic E-state index is 12.4.